The molecule has 0 bridgehead atoms. The molecule has 1 saturated heterocycles. The fourth-order valence-corrected chi connectivity index (χ4v) is 6.91. The number of pyridine rings is 1. The second-order valence-corrected chi connectivity index (χ2v) is 12.7. The number of carbonyl (C=O) groups is 4. The summed E-state index contributed by atoms with van der Waals surface area (Å²) in [5.74, 6) is -0.609. The minimum atomic E-state index is -0.661. The molecule has 47 heavy (non-hydrogen) atoms. The topological polar surface area (TPSA) is 119 Å². The van der Waals surface area contributed by atoms with Gasteiger partial charge >= 0.3 is 0 Å². The number of imide groups is 1. The van der Waals surface area contributed by atoms with E-state index in [0.29, 0.717) is 42.9 Å². The van der Waals surface area contributed by atoms with Crippen molar-refractivity contribution in [2.75, 3.05) is 6.61 Å². The van der Waals surface area contributed by atoms with Gasteiger partial charge in [-0.2, -0.15) is 0 Å². The zero-order valence-corrected chi connectivity index (χ0v) is 26.0. The number of Topliss-reactive ketones (excluding diaryl/α,β-unsaturated/α-hetero) is 1. The van der Waals surface area contributed by atoms with E-state index >= 15 is 0 Å². The van der Waals surface area contributed by atoms with Gasteiger partial charge in [0.2, 0.25) is 11.8 Å². The number of piperidine rings is 1. The van der Waals surface area contributed by atoms with Crippen LogP contribution in [0.5, 0.6) is 5.75 Å². The van der Waals surface area contributed by atoms with Gasteiger partial charge in [-0.15, -0.1) is 11.3 Å². The number of nitrogens with one attached hydrogen (secondary N) is 1. The van der Waals surface area contributed by atoms with Crippen LogP contribution in [-0.4, -0.2) is 51.0 Å². The Hall–Kier alpha value is -5.29. The van der Waals surface area contributed by atoms with Crippen molar-refractivity contribution in [2.24, 2.45) is 0 Å². The van der Waals surface area contributed by atoms with Crippen LogP contribution in [0.2, 0.25) is 0 Å². The average Bonchev–Trinajstić information content (AvgIpc) is 3.64. The highest BCUT2D eigenvalue weighted by Crippen LogP contribution is 2.33. The molecule has 9 nitrogen and oxygen atoms in total. The summed E-state index contributed by atoms with van der Waals surface area (Å²) in [5, 5.41) is 3.14. The van der Waals surface area contributed by atoms with E-state index in [0.717, 1.165) is 37.5 Å². The number of hydrogen-bond donors (Lipinski definition) is 1. The fraction of sp³-hybridized carbons (Fsp3) is 0.222. The molecule has 2 aromatic heterocycles. The van der Waals surface area contributed by atoms with Crippen LogP contribution in [0.25, 0.3) is 31.9 Å². The van der Waals surface area contributed by atoms with Crippen LogP contribution in [0.15, 0.2) is 79.0 Å². The van der Waals surface area contributed by atoms with Gasteiger partial charge in [0.1, 0.15) is 28.4 Å². The largest absolute Gasteiger partial charge is 0.494 e. The fourth-order valence-electron chi connectivity index (χ4n) is 5.92. The van der Waals surface area contributed by atoms with Gasteiger partial charge in [-0.1, -0.05) is 30.3 Å². The number of carbonyl (C=O) groups excluding carboxylic acids is 4. The number of nitrogens with zero attached hydrogens (tertiary/aromatic N) is 3. The number of benzene rings is 3. The molecule has 1 unspecified atom stereocenters. The Kier molecular flexibility index (Phi) is 8.30. The summed E-state index contributed by atoms with van der Waals surface area (Å²) in [6.45, 7) is 0.617. The van der Waals surface area contributed by atoms with Crippen LogP contribution >= 0.6 is 11.3 Å². The van der Waals surface area contributed by atoms with Crippen LogP contribution in [0.4, 0.5) is 4.39 Å². The molecule has 0 spiro atoms. The summed E-state index contributed by atoms with van der Waals surface area (Å²) < 4.78 is 20.2. The van der Waals surface area contributed by atoms with Gasteiger partial charge < -0.3 is 9.64 Å². The molecule has 1 fully saturated rings. The summed E-state index contributed by atoms with van der Waals surface area (Å²) in [6.07, 6.45) is 3.39. The first-order chi connectivity index (χ1) is 22.8. The number of aromatic nitrogens is 2. The van der Waals surface area contributed by atoms with E-state index in [1.165, 1.54) is 28.4 Å². The normalized spacial score (nSPS) is 16.0. The molecule has 1 atom stereocenters. The van der Waals surface area contributed by atoms with Crippen LogP contribution in [-0.2, 0) is 27.3 Å². The van der Waals surface area contributed by atoms with Gasteiger partial charge in [-0.25, -0.2) is 9.37 Å². The highest BCUT2D eigenvalue weighted by atomic mass is 32.1. The van der Waals surface area contributed by atoms with E-state index in [-0.39, 0.29) is 42.8 Å². The molecular weight excluding hydrogens is 619 g/mol. The van der Waals surface area contributed by atoms with Crippen molar-refractivity contribution in [3.63, 3.8) is 0 Å². The van der Waals surface area contributed by atoms with Crippen molar-refractivity contribution in [1.82, 2.24) is 20.2 Å². The molecule has 11 heteroatoms. The highest BCUT2D eigenvalue weighted by molar-refractivity contribution is 7.21. The maximum atomic E-state index is 13.6. The molecule has 4 heterocycles. The molecule has 236 valence electrons. The predicted octanol–water partition coefficient (Wildman–Crippen LogP) is 5.90. The molecule has 3 aromatic carbocycles. The first kappa shape index (κ1) is 30.4. The lowest BCUT2D eigenvalue weighted by Gasteiger charge is -2.29. The number of ether oxygens (including phenoxy) is 1. The molecule has 2 aliphatic heterocycles. The summed E-state index contributed by atoms with van der Waals surface area (Å²) in [4.78, 5) is 59.9. The number of thiazole rings is 1. The number of rotatable bonds is 10. The summed E-state index contributed by atoms with van der Waals surface area (Å²) in [5.41, 5.74) is 5.64. The van der Waals surface area contributed by atoms with Crippen molar-refractivity contribution in [3.8, 4) is 27.4 Å². The number of amides is 3. The maximum Gasteiger partial charge on any atom is 0.255 e. The lowest BCUT2D eigenvalue weighted by molar-refractivity contribution is -0.137. The van der Waals surface area contributed by atoms with Gasteiger partial charge in [-0.3, -0.25) is 29.5 Å². The van der Waals surface area contributed by atoms with E-state index in [1.54, 1.807) is 30.5 Å². The molecule has 0 saturated carbocycles. The number of hydrogen-bond acceptors (Lipinski definition) is 8. The Morgan fingerprint density at radius 3 is 2.57 bits per heavy atom. The van der Waals surface area contributed by atoms with Crippen molar-refractivity contribution in [3.05, 3.63) is 102 Å². The van der Waals surface area contributed by atoms with Crippen LogP contribution < -0.4 is 10.1 Å². The van der Waals surface area contributed by atoms with Crippen molar-refractivity contribution < 1.29 is 28.3 Å². The van der Waals surface area contributed by atoms with Gasteiger partial charge in [-0.05, 0) is 66.4 Å². The van der Waals surface area contributed by atoms with E-state index in [1.807, 2.05) is 36.4 Å². The minimum Gasteiger partial charge on any atom is -0.494 e. The smallest absolute Gasteiger partial charge is 0.255 e. The zero-order valence-electron chi connectivity index (χ0n) is 25.2. The quantitative estimate of drug-likeness (QED) is 0.148. The second kappa shape index (κ2) is 12.8. The predicted molar refractivity (Wildman–Crippen MR) is 174 cm³/mol. The Morgan fingerprint density at radius 2 is 1.79 bits per heavy atom. The number of halogens is 1. The second-order valence-electron chi connectivity index (χ2n) is 11.6. The van der Waals surface area contributed by atoms with Crippen LogP contribution in [0, 0.1) is 5.82 Å². The summed E-state index contributed by atoms with van der Waals surface area (Å²) in [6, 6.07) is 20.9. The lowest BCUT2D eigenvalue weighted by Crippen LogP contribution is -2.52. The van der Waals surface area contributed by atoms with Crippen LogP contribution in [0.3, 0.4) is 0 Å². The van der Waals surface area contributed by atoms with Gasteiger partial charge in [0.15, 0.2) is 0 Å². The molecule has 1 N–H and O–H groups in total. The van der Waals surface area contributed by atoms with Crippen molar-refractivity contribution in [2.45, 2.75) is 44.7 Å². The zero-order chi connectivity index (χ0) is 32.5. The average molecular weight is 649 g/mol. The Bertz CT molecular complexity index is 2030. The first-order valence-electron chi connectivity index (χ1n) is 15.3. The Balaban J connectivity index is 0.876. The summed E-state index contributed by atoms with van der Waals surface area (Å²) >= 11 is 1.45. The number of ketones is 1. The molecule has 5 aromatic rings. The summed E-state index contributed by atoms with van der Waals surface area (Å²) in [7, 11) is 0. The molecule has 2 aliphatic rings. The van der Waals surface area contributed by atoms with Crippen LogP contribution in [0.1, 0.15) is 47.3 Å². The van der Waals surface area contributed by atoms with Gasteiger partial charge in [0.05, 0.1) is 16.8 Å². The Labute approximate surface area is 273 Å². The molecule has 7 rings (SSSR count). The standard InChI is InChI=1S/C36H29FN4O5S/c37-25-8-12-30-32(17-25)47-35(39-30)22-5-3-21(4-6-22)23-7-9-26(38-19-23)18-27(42)2-1-15-46-28-10-11-29-24(16-28)20-41(36(29)45)31-13-14-33(43)40-34(31)44/h3-12,16-17,19,31H,1-2,13-15,18,20H2,(H,40,43,44). The van der Waals surface area contributed by atoms with Gasteiger partial charge in [0, 0.05) is 54.4 Å². The third kappa shape index (κ3) is 6.52. The third-order valence-electron chi connectivity index (χ3n) is 8.38. The maximum absolute atomic E-state index is 13.6. The highest BCUT2D eigenvalue weighted by Gasteiger charge is 2.39. The minimum absolute atomic E-state index is 0.0633. The monoisotopic (exact) mass is 648 g/mol. The van der Waals surface area contributed by atoms with Crippen molar-refractivity contribution in [1.29, 1.82) is 0 Å². The molecule has 0 aliphatic carbocycles. The van der Waals surface area contributed by atoms with E-state index in [9.17, 15) is 23.6 Å². The van der Waals surface area contributed by atoms with Crippen molar-refractivity contribution >= 4 is 45.1 Å². The molecule has 3 amide bonds. The van der Waals surface area contributed by atoms with E-state index in [4.69, 9.17) is 4.74 Å². The number of fused-ring (bicyclic) bond motifs is 2. The lowest BCUT2D eigenvalue weighted by atomic mass is 10.0. The molecular formula is C36H29FN4O5S. The third-order valence-corrected chi connectivity index (χ3v) is 9.45. The SMILES string of the molecule is O=C(CCCOc1ccc2c(c1)CN(C1CCC(=O)NC1=O)C2=O)Cc1ccc(-c2ccc(-c3nc4ccc(F)cc4s3)cc2)cn1. The molecule has 0 radical (unpaired) electrons. The van der Waals surface area contributed by atoms with Gasteiger partial charge in [0.25, 0.3) is 5.91 Å². The van der Waals surface area contributed by atoms with E-state index in [2.05, 4.69) is 15.3 Å². The first-order valence-corrected chi connectivity index (χ1v) is 16.2. The van der Waals surface area contributed by atoms with E-state index < -0.39 is 11.9 Å². The Morgan fingerprint density at radius 1 is 0.979 bits per heavy atom.